The molecular formula is C15H17BrN2O2S. The lowest BCUT2D eigenvalue weighted by molar-refractivity contribution is 0.170. The number of fused-ring (bicyclic) bond motifs is 1. The van der Waals surface area contributed by atoms with Crippen molar-refractivity contribution in [1.29, 1.82) is 0 Å². The van der Waals surface area contributed by atoms with Crippen LogP contribution >= 0.6 is 27.3 Å². The highest BCUT2D eigenvalue weighted by Crippen LogP contribution is 2.38. The molecule has 112 valence electrons. The molecule has 2 aromatic rings. The summed E-state index contributed by atoms with van der Waals surface area (Å²) in [5.74, 6) is 1.62. The number of benzene rings is 1. The summed E-state index contributed by atoms with van der Waals surface area (Å²) in [6.45, 7) is 4.92. The summed E-state index contributed by atoms with van der Waals surface area (Å²) >= 11 is 5.31. The molecule has 2 heterocycles. The second-order valence-corrected chi connectivity index (χ2v) is 6.83. The fraction of sp³-hybridized carbons (Fsp3) is 0.400. The summed E-state index contributed by atoms with van der Waals surface area (Å²) in [7, 11) is 0. The maximum absolute atomic E-state index is 5.63. The van der Waals surface area contributed by atoms with Crippen LogP contribution in [0.5, 0.6) is 11.5 Å². The highest BCUT2D eigenvalue weighted by Gasteiger charge is 2.16. The normalized spacial score (nSPS) is 13.4. The molecule has 6 heteroatoms. The number of ether oxygens (including phenoxy) is 2. The van der Waals surface area contributed by atoms with Gasteiger partial charge in [-0.25, -0.2) is 4.98 Å². The van der Waals surface area contributed by atoms with Crippen molar-refractivity contribution < 1.29 is 9.47 Å². The molecular weight excluding hydrogens is 352 g/mol. The molecule has 0 unspecified atom stereocenters. The van der Waals surface area contributed by atoms with Crippen LogP contribution in [-0.2, 0) is 19.5 Å². The lowest BCUT2D eigenvalue weighted by atomic mass is 10.2. The lowest BCUT2D eigenvalue weighted by Crippen LogP contribution is -2.17. The Morgan fingerprint density at radius 1 is 1.29 bits per heavy atom. The number of hydrogen-bond donors (Lipinski definition) is 1. The van der Waals surface area contributed by atoms with Gasteiger partial charge in [-0.15, -0.1) is 11.3 Å². The molecule has 0 amide bonds. The van der Waals surface area contributed by atoms with Gasteiger partial charge in [0, 0.05) is 24.2 Å². The van der Waals surface area contributed by atoms with E-state index in [1.54, 1.807) is 11.3 Å². The molecule has 1 aliphatic heterocycles. The predicted molar refractivity (Wildman–Crippen MR) is 87.2 cm³/mol. The number of rotatable bonds is 5. The quantitative estimate of drug-likeness (QED) is 0.876. The van der Waals surface area contributed by atoms with Crippen LogP contribution in [0.1, 0.15) is 22.4 Å². The van der Waals surface area contributed by atoms with E-state index in [1.807, 2.05) is 12.3 Å². The van der Waals surface area contributed by atoms with Gasteiger partial charge in [0.25, 0.3) is 0 Å². The fourth-order valence-electron chi connectivity index (χ4n) is 2.17. The van der Waals surface area contributed by atoms with E-state index in [9.17, 15) is 0 Å². The third-order valence-electron chi connectivity index (χ3n) is 3.21. The van der Waals surface area contributed by atoms with Gasteiger partial charge in [-0.3, -0.25) is 0 Å². The number of aromatic nitrogens is 1. The Morgan fingerprint density at radius 3 is 2.95 bits per heavy atom. The molecule has 1 N–H and O–H groups in total. The van der Waals surface area contributed by atoms with Gasteiger partial charge in [0.05, 0.1) is 4.47 Å². The number of nitrogens with zero attached hydrogens (tertiary/aromatic N) is 1. The Balaban J connectivity index is 1.61. The average molecular weight is 369 g/mol. The van der Waals surface area contributed by atoms with E-state index in [0.29, 0.717) is 13.2 Å². The minimum absolute atomic E-state index is 0.604. The molecule has 1 aromatic carbocycles. The number of thiazole rings is 1. The standard InChI is InChI=1S/C15H17BrN2O2S/c1-2-11-8-18-14(21-11)9-17-7-10-5-12(16)15-13(6-10)19-3-4-20-15/h5-6,8,17H,2-4,7,9H2,1H3. The number of hydrogen-bond acceptors (Lipinski definition) is 5. The summed E-state index contributed by atoms with van der Waals surface area (Å²) < 4.78 is 12.2. The molecule has 4 nitrogen and oxygen atoms in total. The second-order valence-electron chi connectivity index (χ2n) is 4.78. The third kappa shape index (κ3) is 3.56. The van der Waals surface area contributed by atoms with E-state index in [-0.39, 0.29) is 0 Å². The van der Waals surface area contributed by atoms with Gasteiger partial charge in [0.15, 0.2) is 11.5 Å². The monoisotopic (exact) mass is 368 g/mol. The van der Waals surface area contributed by atoms with Crippen LogP contribution in [0.4, 0.5) is 0 Å². The molecule has 0 fully saturated rings. The van der Waals surface area contributed by atoms with E-state index in [1.165, 1.54) is 10.4 Å². The summed E-state index contributed by atoms with van der Waals surface area (Å²) in [6, 6.07) is 4.10. The molecule has 0 atom stereocenters. The zero-order valence-electron chi connectivity index (χ0n) is 11.8. The zero-order valence-corrected chi connectivity index (χ0v) is 14.2. The van der Waals surface area contributed by atoms with Gasteiger partial charge in [-0.2, -0.15) is 0 Å². The second kappa shape index (κ2) is 6.77. The lowest BCUT2D eigenvalue weighted by Gasteiger charge is -2.20. The van der Waals surface area contributed by atoms with Gasteiger partial charge in [0.2, 0.25) is 0 Å². The van der Waals surface area contributed by atoms with E-state index < -0.39 is 0 Å². The van der Waals surface area contributed by atoms with Gasteiger partial charge in [0.1, 0.15) is 18.2 Å². The maximum atomic E-state index is 5.63. The first-order valence-corrected chi connectivity index (χ1v) is 8.59. The van der Waals surface area contributed by atoms with Crippen LogP contribution in [0.25, 0.3) is 0 Å². The van der Waals surface area contributed by atoms with Crippen molar-refractivity contribution in [2.24, 2.45) is 0 Å². The van der Waals surface area contributed by atoms with Gasteiger partial charge in [-0.1, -0.05) is 6.92 Å². The molecule has 0 saturated carbocycles. The molecule has 0 bridgehead atoms. The van der Waals surface area contributed by atoms with Crippen molar-refractivity contribution >= 4 is 27.3 Å². The van der Waals surface area contributed by atoms with Crippen molar-refractivity contribution in [1.82, 2.24) is 10.3 Å². The van der Waals surface area contributed by atoms with E-state index in [0.717, 1.165) is 40.5 Å². The van der Waals surface area contributed by atoms with E-state index >= 15 is 0 Å². The fourth-order valence-corrected chi connectivity index (χ4v) is 3.61. The first kappa shape index (κ1) is 14.8. The smallest absolute Gasteiger partial charge is 0.175 e. The van der Waals surface area contributed by atoms with Crippen LogP contribution in [0, 0.1) is 0 Å². The molecule has 0 aliphatic carbocycles. The predicted octanol–water partition coefficient (Wildman–Crippen LogP) is 3.53. The molecule has 21 heavy (non-hydrogen) atoms. The minimum atomic E-state index is 0.604. The van der Waals surface area contributed by atoms with Crippen LogP contribution in [-0.4, -0.2) is 18.2 Å². The minimum Gasteiger partial charge on any atom is -0.486 e. The highest BCUT2D eigenvalue weighted by molar-refractivity contribution is 9.10. The van der Waals surface area contributed by atoms with Crippen LogP contribution in [0.3, 0.4) is 0 Å². The summed E-state index contributed by atoms with van der Waals surface area (Å²) in [5, 5.41) is 4.55. The van der Waals surface area contributed by atoms with Crippen molar-refractivity contribution in [3.63, 3.8) is 0 Å². The molecule has 0 spiro atoms. The Bertz CT molecular complexity index is 630. The Kier molecular flexibility index (Phi) is 4.77. The molecule has 3 rings (SSSR count). The van der Waals surface area contributed by atoms with Crippen molar-refractivity contribution in [3.05, 3.63) is 38.3 Å². The van der Waals surface area contributed by atoms with Gasteiger partial charge >= 0.3 is 0 Å². The largest absolute Gasteiger partial charge is 0.486 e. The average Bonchev–Trinajstić information content (AvgIpc) is 2.95. The summed E-state index contributed by atoms with van der Waals surface area (Å²) in [4.78, 5) is 5.74. The summed E-state index contributed by atoms with van der Waals surface area (Å²) in [5.41, 5.74) is 1.17. The van der Waals surface area contributed by atoms with Gasteiger partial charge < -0.3 is 14.8 Å². The van der Waals surface area contributed by atoms with Crippen LogP contribution in [0.15, 0.2) is 22.8 Å². The number of aryl methyl sites for hydroxylation is 1. The first-order chi connectivity index (χ1) is 10.3. The third-order valence-corrected chi connectivity index (χ3v) is 4.94. The van der Waals surface area contributed by atoms with Crippen LogP contribution in [0.2, 0.25) is 0 Å². The zero-order chi connectivity index (χ0) is 14.7. The van der Waals surface area contributed by atoms with Crippen molar-refractivity contribution in [3.8, 4) is 11.5 Å². The molecule has 0 saturated heterocycles. The maximum Gasteiger partial charge on any atom is 0.175 e. The number of halogens is 1. The van der Waals surface area contributed by atoms with Gasteiger partial charge in [-0.05, 0) is 40.0 Å². The van der Waals surface area contributed by atoms with E-state index in [2.05, 4.69) is 39.2 Å². The topological polar surface area (TPSA) is 43.4 Å². The number of nitrogens with one attached hydrogen (secondary N) is 1. The SMILES string of the molecule is CCc1cnc(CNCc2cc(Br)c3c(c2)OCCO3)s1. The van der Waals surface area contributed by atoms with Crippen molar-refractivity contribution in [2.45, 2.75) is 26.4 Å². The Labute approximate surface area is 136 Å². The molecule has 0 radical (unpaired) electrons. The van der Waals surface area contributed by atoms with Crippen LogP contribution < -0.4 is 14.8 Å². The Morgan fingerprint density at radius 2 is 2.14 bits per heavy atom. The highest BCUT2D eigenvalue weighted by atomic mass is 79.9. The Hall–Kier alpha value is -1.11. The first-order valence-electron chi connectivity index (χ1n) is 6.98. The van der Waals surface area contributed by atoms with E-state index in [4.69, 9.17) is 9.47 Å². The summed E-state index contributed by atoms with van der Waals surface area (Å²) in [6.07, 6.45) is 3.01. The molecule has 1 aliphatic rings. The molecule has 1 aromatic heterocycles. The van der Waals surface area contributed by atoms with Crippen molar-refractivity contribution in [2.75, 3.05) is 13.2 Å².